The number of amides is 3. The summed E-state index contributed by atoms with van der Waals surface area (Å²) in [6.07, 6.45) is 1.20. The van der Waals surface area contributed by atoms with E-state index in [1.165, 1.54) is 0 Å². The van der Waals surface area contributed by atoms with Crippen molar-refractivity contribution in [2.75, 3.05) is 62.6 Å². The molecule has 2 N–H and O–H groups in total. The average molecular weight is 542 g/mol. The van der Waals surface area contributed by atoms with Crippen molar-refractivity contribution in [1.29, 1.82) is 0 Å². The van der Waals surface area contributed by atoms with Gasteiger partial charge in [0.1, 0.15) is 11.6 Å². The van der Waals surface area contributed by atoms with Gasteiger partial charge in [-0.2, -0.15) is 0 Å². The highest BCUT2D eigenvalue weighted by atomic mass is 19.1. The third-order valence-electron chi connectivity index (χ3n) is 6.89. The first-order chi connectivity index (χ1) is 18.5. The predicted octanol–water partition coefficient (Wildman–Crippen LogP) is 3.74. The van der Waals surface area contributed by atoms with Crippen LogP contribution in [0.1, 0.15) is 54.3 Å². The van der Waals surface area contributed by atoms with E-state index < -0.39 is 17.5 Å². The Morgan fingerprint density at radius 3 is 2.21 bits per heavy atom. The Hall–Kier alpha value is -3.53. The van der Waals surface area contributed by atoms with Crippen molar-refractivity contribution in [3.8, 4) is 0 Å². The SMILES string of the molecule is CC(C)(C)CC(=O)N1CCCN(c2ccc(C(=O)N3CCNCC3)cc2NC(=O)c2cc(F)cc(F)c2)CC1. The van der Waals surface area contributed by atoms with E-state index in [4.69, 9.17) is 0 Å². The highest BCUT2D eigenvalue weighted by Crippen LogP contribution is 2.30. The van der Waals surface area contributed by atoms with Crippen LogP contribution < -0.4 is 15.5 Å². The largest absolute Gasteiger partial charge is 0.368 e. The molecule has 0 aromatic heterocycles. The Kier molecular flexibility index (Phi) is 8.84. The summed E-state index contributed by atoms with van der Waals surface area (Å²) in [5.41, 5.74) is 1.21. The second kappa shape index (κ2) is 12.1. The maximum atomic E-state index is 13.8. The van der Waals surface area contributed by atoms with Crippen LogP contribution in [0.4, 0.5) is 20.2 Å². The van der Waals surface area contributed by atoms with Crippen LogP contribution in [0, 0.1) is 17.0 Å². The van der Waals surface area contributed by atoms with Crippen molar-refractivity contribution < 1.29 is 23.2 Å². The first-order valence-corrected chi connectivity index (χ1v) is 13.4. The second-order valence-electron chi connectivity index (χ2n) is 11.3. The smallest absolute Gasteiger partial charge is 0.255 e. The van der Waals surface area contributed by atoms with Crippen LogP contribution in [0.2, 0.25) is 0 Å². The number of nitrogens with one attached hydrogen (secondary N) is 2. The highest BCUT2D eigenvalue weighted by molar-refractivity contribution is 6.07. The van der Waals surface area contributed by atoms with Crippen LogP contribution in [-0.4, -0.2) is 79.9 Å². The minimum absolute atomic E-state index is 0.107. The Morgan fingerprint density at radius 2 is 1.54 bits per heavy atom. The van der Waals surface area contributed by atoms with E-state index in [0.717, 1.165) is 18.6 Å². The Labute approximate surface area is 228 Å². The van der Waals surface area contributed by atoms with E-state index >= 15 is 0 Å². The van der Waals surface area contributed by atoms with Crippen LogP contribution in [0.3, 0.4) is 0 Å². The molecule has 2 heterocycles. The predicted molar refractivity (Wildman–Crippen MR) is 147 cm³/mol. The number of anilines is 2. The molecule has 210 valence electrons. The van der Waals surface area contributed by atoms with Gasteiger partial charge < -0.3 is 25.3 Å². The fraction of sp³-hybridized carbons (Fsp3) is 0.483. The first kappa shape index (κ1) is 28.5. The number of carbonyl (C=O) groups is 3. The zero-order chi connectivity index (χ0) is 28.2. The van der Waals surface area contributed by atoms with E-state index in [1.54, 1.807) is 23.1 Å². The summed E-state index contributed by atoms with van der Waals surface area (Å²) < 4.78 is 27.6. The van der Waals surface area contributed by atoms with Gasteiger partial charge >= 0.3 is 0 Å². The normalized spacial score (nSPS) is 16.6. The first-order valence-electron chi connectivity index (χ1n) is 13.4. The molecule has 3 amide bonds. The Balaban J connectivity index is 1.60. The van der Waals surface area contributed by atoms with Crippen LogP contribution >= 0.6 is 0 Å². The molecule has 2 aromatic rings. The van der Waals surface area contributed by atoms with Gasteiger partial charge in [-0.25, -0.2) is 8.78 Å². The number of hydrogen-bond donors (Lipinski definition) is 2. The third kappa shape index (κ3) is 7.53. The number of piperazine rings is 1. The molecule has 2 saturated heterocycles. The lowest BCUT2D eigenvalue weighted by atomic mass is 9.91. The molecule has 0 aliphatic carbocycles. The number of rotatable bonds is 5. The summed E-state index contributed by atoms with van der Waals surface area (Å²) in [5, 5.41) is 6.01. The molecule has 2 aliphatic heterocycles. The zero-order valence-electron chi connectivity index (χ0n) is 22.9. The molecule has 0 unspecified atom stereocenters. The van der Waals surface area contributed by atoms with Crippen molar-refractivity contribution in [1.82, 2.24) is 15.1 Å². The topological polar surface area (TPSA) is 85.0 Å². The van der Waals surface area contributed by atoms with Crippen molar-refractivity contribution in [2.24, 2.45) is 5.41 Å². The fourth-order valence-electron chi connectivity index (χ4n) is 4.95. The van der Waals surface area contributed by atoms with Crippen LogP contribution in [-0.2, 0) is 4.79 Å². The van der Waals surface area contributed by atoms with E-state index in [9.17, 15) is 23.2 Å². The zero-order valence-corrected chi connectivity index (χ0v) is 22.9. The van der Waals surface area contributed by atoms with Gasteiger partial charge in [-0.1, -0.05) is 20.8 Å². The van der Waals surface area contributed by atoms with E-state index in [-0.39, 0.29) is 22.8 Å². The van der Waals surface area contributed by atoms with Gasteiger partial charge in [-0.15, -0.1) is 0 Å². The molecule has 0 spiro atoms. The highest BCUT2D eigenvalue weighted by Gasteiger charge is 2.26. The molecule has 39 heavy (non-hydrogen) atoms. The van der Waals surface area contributed by atoms with Crippen molar-refractivity contribution in [3.63, 3.8) is 0 Å². The van der Waals surface area contributed by atoms with Gasteiger partial charge in [0.05, 0.1) is 11.4 Å². The lowest BCUT2D eigenvalue weighted by Gasteiger charge is -2.29. The monoisotopic (exact) mass is 541 g/mol. The molecule has 2 fully saturated rings. The lowest BCUT2D eigenvalue weighted by Crippen LogP contribution is -2.46. The second-order valence-corrected chi connectivity index (χ2v) is 11.3. The van der Waals surface area contributed by atoms with Crippen molar-refractivity contribution in [3.05, 3.63) is 59.2 Å². The quantitative estimate of drug-likeness (QED) is 0.603. The number of nitrogens with zero attached hydrogens (tertiary/aromatic N) is 3. The maximum Gasteiger partial charge on any atom is 0.255 e. The molecule has 2 aromatic carbocycles. The Morgan fingerprint density at radius 1 is 0.846 bits per heavy atom. The number of carbonyl (C=O) groups excluding carboxylic acids is 3. The number of benzene rings is 2. The summed E-state index contributed by atoms with van der Waals surface area (Å²) in [7, 11) is 0. The van der Waals surface area contributed by atoms with E-state index in [0.29, 0.717) is 81.8 Å². The maximum absolute atomic E-state index is 13.8. The Bertz CT molecular complexity index is 1200. The summed E-state index contributed by atoms with van der Waals surface area (Å²) >= 11 is 0. The summed E-state index contributed by atoms with van der Waals surface area (Å²) in [5.74, 6) is -2.42. The molecule has 0 bridgehead atoms. The minimum Gasteiger partial charge on any atom is -0.368 e. The molecule has 4 rings (SSSR count). The average Bonchev–Trinajstić information content (AvgIpc) is 3.14. The molecule has 8 nitrogen and oxygen atoms in total. The van der Waals surface area contributed by atoms with E-state index in [1.807, 2.05) is 25.7 Å². The van der Waals surface area contributed by atoms with Gasteiger partial charge in [-0.05, 0) is 42.2 Å². The summed E-state index contributed by atoms with van der Waals surface area (Å²) in [6.45, 7) is 11.0. The summed E-state index contributed by atoms with van der Waals surface area (Å²) in [6, 6.07) is 7.81. The third-order valence-corrected chi connectivity index (χ3v) is 6.89. The van der Waals surface area contributed by atoms with Gasteiger partial charge in [0.15, 0.2) is 0 Å². The van der Waals surface area contributed by atoms with Crippen molar-refractivity contribution >= 4 is 29.1 Å². The van der Waals surface area contributed by atoms with Crippen LogP contribution in [0.15, 0.2) is 36.4 Å². The minimum atomic E-state index is -0.851. The molecule has 0 saturated carbocycles. The lowest BCUT2D eigenvalue weighted by molar-refractivity contribution is -0.132. The number of hydrogen-bond acceptors (Lipinski definition) is 5. The molecule has 10 heteroatoms. The van der Waals surface area contributed by atoms with Gasteiger partial charge in [0, 0.05) is 76.0 Å². The van der Waals surface area contributed by atoms with Gasteiger partial charge in [-0.3, -0.25) is 14.4 Å². The molecular weight excluding hydrogens is 504 g/mol. The van der Waals surface area contributed by atoms with Crippen molar-refractivity contribution in [2.45, 2.75) is 33.6 Å². The summed E-state index contributed by atoms with van der Waals surface area (Å²) in [4.78, 5) is 44.8. The standard InChI is InChI=1S/C29H37F2N5O3/c1-29(2,3)19-26(37)35-10-4-9-34(13-14-35)25-6-5-20(28(39)36-11-7-32-8-12-36)17-24(25)33-27(38)21-15-22(30)18-23(31)16-21/h5-6,15-18,32H,4,7-14,19H2,1-3H3,(H,33,38). The molecule has 0 atom stereocenters. The molecule has 0 radical (unpaired) electrons. The molecule has 2 aliphatic rings. The van der Waals surface area contributed by atoms with Crippen LogP contribution in [0.25, 0.3) is 0 Å². The van der Waals surface area contributed by atoms with Gasteiger partial charge in [0.2, 0.25) is 5.91 Å². The van der Waals surface area contributed by atoms with E-state index in [2.05, 4.69) is 15.5 Å². The van der Waals surface area contributed by atoms with Gasteiger partial charge in [0.25, 0.3) is 11.8 Å². The number of halogens is 2. The van der Waals surface area contributed by atoms with Crippen LogP contribution in [0.5, 0.6) is 0 Å². The molecular formula is C29H37F2N5O3. The fourth-order valence-corrected chi connectivity index (χ4v) is 4.95.